The number of carbonyl (C=O) groups excluding carboxylic acids is 2. The van der Waals surface area contributed by atoms with Gasteiger partial charge in [-0.3, -0.25) is 9.59 Å². The van der Waals surface area contributed by atoms with Crippen LogP contribution in [0.25, 0.3) is 0 Å². The molecule has 0 aromatic carbocycles. The molecule has 112 valence electrons. The van der Waals surface area contributed by atoms with Gasteiger partial charge in [0.15, 0.2) is 5.82 Å². The number of anilines is 1. The average Bonchev–Trinajstić information content (AvgIpc) is 3.08. The van der Waals surface area contributed by atoms with Crippen LogP contribution >= 0.6 is 11.3 Å². The van der Waals surface area contributed by atoms with Crippen molar-refractivity contribution in [1.29, 1.82) is 0 Å². The van der Waals surface area contributed by atoms with E-state index in [1.165, 1.54) is 17.6 Å². The van der Waals surface area contributed by atoms with E-state index in [9.17, 15) is 9.59 Å². The Balaban J connectivity index is 1.95. The number of carbonyl (C=O) groups is 2. The van der Waals surface area contributed by atoms with Gasteiger partial charge in [0, 0.05) is 17.0 Å². The summed E-state index contributed by atoms with van der Waals surface area (Å²) in [7, 11) is 0. The van der Waals surface area contributed by atoms with Crippen molar-refractivity contribution in [3.63, 3.8) is 0 Å². The quantitative estimate of drug-likeness (QED) is 0.887. The Labute approximate surface area is 126 Å². The van der Waals surface area contributed by atoms with Crippen LogP contribution in [0.5, 0.6) is 0 Å². The van der Waals surface area contributed by atoms with Crippen LogP contribution in [0.1, 0.15) is 18.7 Å². The summed E-state index contributed by atoms with van der Waals surface area (Å²) >= 11 is 1.53. The van der Waals surface area contributed by atoms with Crippen molar-refractivity contribution >= 4 is 29.0 Å². The molecule has 0 radical (unpaired) electrons. The Morgan fingerprint density at radius 1 is 1.43 bits per heavy atom. The Morgan fingerprint density at radius 3 is 2.81 bits per heavy atom. The van der Waals surface area contributed by atoms with E-state index >= 15 is 0 Å². The Morgan fingerprint density at radius 2 is 2.24 bits per heavy atom. The highest BCUT2D eigenvalue weighted by Gasteiger charge is 2.21. The van der Waals surface area contributed by atoms with Crippen LogP contribution in [-0.2, 0) is 16.0 Å². The fourth-order valence-corrected chi connectivity index (χ4v) is 2.53. The third-order valence-electron chi connectivity index (χ3n) is 2.87. The lowest BCUT2D eigenvalue weighted by molar-refractivity contribution is -0.135. The first-order valence-corrected chi connectivity index (χ1v) is 7.46. The SMILES string of the molecule is CC(C)N(CC(=O)Nc1ccon1)C(=O)Cc1cccs1. The van der Waals surface area contributed by atoms with Gasteiger partial charge in [0.25, 0.3) is 0 Å². The molecular weight excluding hydrogens is 290 g/mol. The molecule has 0 saturated heterocycles. The normalized spacial score (nSPS) is 10.6. The molecule has 2 amide bonds. The minimum Gasteiger partial charge on any atom is -0.363 e. The molecule has 0 atom stereocenters. The Kier molecular flexibility index (Phi) is 5.10. The molecule has 0 aliphatic heterocycles. The largest absolute Gasteiger partial charge is 0.363 e. The van der Waals surface area contributed by atoms with Gasteiger partial charge >= 0.3 is 0 Å². The predicted molar refractivity (Wildman–Crippen MR) is 80.0 cm³/mol. The summed E-state index contributed by atoms with van der Waals surface area (Å²) in [6, 6.07) is 5.31. The van der Waals surface area contributed by atoms with Crippen molar-refractivity contribution in [3.8, 4) is 0 Å². The number of amides is 2. The number of hydrogen-bond acceptors (Lipinski definition) is 5. The number of hydrogen-bond donors (Lipinski definition) is 1. The third kappa shape index (κ3) is 4.42. The Hall–Kier alpha value is -2.15. The summed E-state index contributed by atoms with van der Waals surface area (Å²) in [6.07, 6.45) is 1.69. The number of nitrogens with zero attached hydrogens (tertiary/aromatic N) is 2. The van der Waals surface area contributed by atoms with Gasteiger partial charge in [-0.05, 0) is 25.3 Å². The van der Waals surface area contributed by atoms with E-state index in [4.69, 9.17) is 0 Å². The zero-order valence-electron chi connectivity index (χ0n) is 11.9. The van der Waals surface area contributed by atoms with E-state index in [1.807, 2.05) is 31.4 Å². The smallest absolute Gasteiger partial charge is 0.245 e. The minimum absolute atomic E-state index is 0.00522. The van der Waals surface area contributed by atoms with Gasteiger partial charge in [-0.1, -0.05) is 11.2 Å². The molecule has 0 unspecified atom stereocenters. The highest BCUT2D eigenvalue weighted by molar-refractivity contribution is 7.10. The highest BCUT2D eigenvalue weighted by Crippen LogP contribution is 2.12. The van der Waals surface area contributed by atoms with Gasteiger partial charge in [0.05, 0.1) is 6.42 Å². The average molecular weight is 307 g/mol. The molecule has 2 rings (SSSR count). The van der Waals surface area contributed by atoms with Gasteiger partial charge in [-0.15, -0.1) is 11.3 Å². The van der Waals surface area contributed by atoms with Crippen LogP contribution in [0.15, 0.2) is 34.4 Å². The topological polar surface area (TPSA) is 75.4 Å². The highest BCUT2D eigenvalue weighted by atomic mass is 32.1. The second-order valence-corrected chi connectivity index (χ2v) is 5.84. The summed E-state index contributed by atoms with van der Waals surface area (Å²) < 4.78 is 4.64. The van der Waals surface area contributed by atoms with Crippen molar-refractivity contribution < 1.29 is 14.1 Å². The fraction of sp³-hybridized carbons (Fsp3) is 0.357. The van der Waals surface area contributed by atoms with E-state index in [0.717, 1.165) is 4.88 Å². The van der Waals surface area contributed by atoms with Crippen molar-refractivity contribution in [2.75, 3.05) is 11.9 Å². The number of thiophene rings is 1. The van der Waals surface area contributed by atoms with Gasteiger partial charge in [-0.2, -0.15) is 0 Å². The van der Waals surface area contributed by atoms with Crippen LogP contribution in [0.2, 0.25) is 0 Å². The minimum atomic E-state index is -0.294. The van der Waals surface area contributed by atoms with Gasteiger partial charge in [-0.25, -0.2) is 0 Å². The lowest BCUT2D eigenvalue weighted by atomic mass is 10.2. The van der Waals surface area contributed by atoms with Crippen LogP contribution in [0.3, 0.4) is 0 Å². The summed E-state index contributed by atoms with van der Waals surface area (Å²) in [6.45, 7) is 3.76. The molecule has 0 aliphatic carbocycles. The maximum atomic E-state index is 12.3. The van der Waals surface area contributed by atoms with Crippen LogP contribution in [0, 0.1) is 0 Å². The monoisotopic (exact) mass is 307 g/mol. The first-order chi connectivity index (χ1) is 10.1. The summed E-state index contributed by atoms with van der Waals surface area (Å²) in [5, 5.41) is 8.12. The lowest BCUT2D eigenvalue weighted by Crippen LogP contribution is -2.43. The molecule has 0 saturated carbocycles. The Bertz CT molecular complexity index is 579. The molecular formula is C14H17N3O3S. The molecule has 21 heavy (non-hydrogen) atoms. The predicted octanol–water partition coefficient (Wildman–Crippen LogP) is 2.15. The van der Waals surface area contributed by atoms with Crippen molar-refractivity contribution in [3.05, 3.63) is 34.7 Å². The lowest BCUT2D eigenvalue weighted by Gasteiger charge is -2.25. The van der Waals surface area contributed by atoms with Crippen LogP contribution < -0.4 is 5.32 Å². The van der Waals surface area contributed by atoms with E-state index in [-0.39, 0.29) is 24.4 Å². The zero-order chi connectivity index (χ0) is 15.2. The molecule has 6 nitrogen and oxygen atoms in total. The molecule has 7 heteroatoms. The zero-order valence-corrected chi connectivity index (χ0v) is 12.7. The van der Waals surface area contributed by atoms with Crippen molar-refractivity contribution in [2.45, 2.75) is 26.3 Å². The maximum Gasteiger partial charge on any atom is 0.245 e. The van der Waals surface area contributed by atoms with Gasteiger partial charge in [0.1, 0.15) is 12.8 Å². The van der Waals surface area contributed by atoms with Crippen molar-refractivity contribution in [2.24, 2.45) is 0 Å². The van der Waals surface area contributed by atoms with Crippen LogP contribution in [0.4, 0.5) is 5.82 Å². The molecule has 2 heterocycles. The fourth-order valence-electron chi connectivity index (χ4n) is 1.84. The third-order valence-corrected chi connectivity index (χ3v) is 3.74. The molecule has 2 aromatic rings. The number of nitrogens with one attached hydrogen (secondary N) is 1. The molecule has 1 N–H and O–H groups in total. The molecule has 0 fully saturated rings. The molecule has 0 aliphatic rings. The molecule has 0 bridgehead atoms. The molecule has 0 spiro atoms. The summed E-state index contributed by atoms with van der Waals surface area (Å²) in [5.41, 5.74) is 0. The molecule has 2 aromatic heterocycles. The van der Waals surface area contributed by atoms with E-state index in [1.54, 1.807) is 11.0 Å². The number of aromatic nitrogens is 1. The van der Waals surface area contributed by atoms with Gasteiger partial charge < -0.3 is 14.7 Å². The number of rotatable bonds is 6. The van der Waals surface area contributed by atoms with Crippen LogP contribution in [-0.4, -0.2) is 34.5 Å². The second kappa shape index (κ2) is 7.03. The van der Waals surface area contributed by atoms with E-state index in [0.29, 0.717) is 12.2 Å². The first-order valence-electron chi connectivity index (χ1n) is 6.58. The first kappa shape index (κ1) is 15.2. The maximum absolute atomic E-state index is 12.3. The standard InChI is InChI=1S/C14H17N3O3S/c1-10(2)17(14(19)8-11-4-3-7-21-11)9-13(18)15-12-5-6-20-16-12/h3-7,10H,8-9H2,1-2H3,(H,15,16,18). The van der Waals surface area contributed by atoms with Gasteiger partial charge in [0.2, 0.25) is 11.8 Å². The summed E-state index contributed by atoms with van der Waals surface area (Å²) in [5.74, 6) is -0.0192. The second-order valence-electron chi connectivity index (χ2n) is 4.80. The van der Waals surface area contributed by atoms with E-state index < -0.39 is 0 Å². The van der Waals surface area contributed by atoms with Crippen molar-refractivity contribution in [1.82, 2.24) is 10.1 Å². The van der Waals surface area contributed by atoms with E-state index in [2.05, 4.69) is 15.0 Å². The summed E-state index contributed by atoms with van der Waals surface area (Å²) in [4.78, 5) is 26.8.